The third kappa shape index (κ3) is 8.71. The van der Waals surface area contributed by atoms with E-state index in [-0.39, 0.29) is 18.3 Å². The average Bonchev–Trinajstić information content (AvgIpc) is 4.04. The van der Waals surface area contributed by atoms with Crippen molar-refractivity contribution in [2.45, 2.75) is 63.3 Å². The minimum absolute atomic E-state index is 0.0258. The van der Waals surface area contributed by atoms with Crippen molar-refractivity contribution in [3.63, 3.8) is 0 Å². The molecule has 3 aliphatic rings. The first-order valence-electron chi connectivity index (χ1n) is 20.1. The molecule has 2 aromatic heterocycles. The maximum absolute atomic E-state index is 13.5. The number of nitrogens with zero attached hydrogens (tertiary/aromatic N) is 6. The highest BCUT2D eigenvalue weighted by Gasteiger charge is 2.46. The number of piperidine rings is 1. The molecule has 2 saturated heterocycles. The first-order valence-corrected chi connectivity index (χ1v) is 20.1. The summed E-state index contributed by atoms with van der Waals surface area (Å²) in [5.41, 5.74) is 2.40. The number of methoxy groups -OCH3 is 1. The number of aromatic nitrogens is 3. The van der Waals surface area contributed by atoms with Gasteiger partial charge in [-0.2, -0.15) is 0 Å². The molecule has 0 spiro atoms. The summed E-state index contributed by atoms with van der Waals surface area (Å²) in [7, 11) is 6.90. The van der Waals surface area contributed by atoms with Crippen molar-refractivity contribution in [1.82, 2.24) is 35.0 Å². The van der Waals surface area contributed by atoms with Crippen molar-refractivity contribution in [2.24, 2.45) is 13.0 Å². The number of anilines is 1. The van der Waals surface area contributed by atoms with E-state index in [0.717, 1.165) is 86.0 Å². The molecule has 0 radical (unpaired) electrons. The molecular weight excluding hydrogens is 709 g/mol. The van der Waals surface area contributed by atoms with E-state index >= 15 is 0 Å². The molecule has 2 N–H and O–H groups in total. The van der Waals surface area contributed by atoms with Gasteiger partial charge in [-0.15, -0.1) is 0 Å². The zero-order chi connectivity index (χ0) is 39.4. The lowest BCUT2D eigenvalue weighted by molar-refractivity contribution is -0.0734. The molecular formula is C43H58N8O5. The van der Waals surface area contributed by atoms with Gasteiger partial charge in [0.2, 0.25) is 5.95 Å². The molecule has 3 atom stereocenters. The molecule has 300 valence electrons. The van der Waals surface area contributed by atoms with Crippen molar-refractivity contribution < 1.29 is 19.0 Å². The van der Waals surface area contributed by atoms with Crippen LogP contribution in [0.25, 0.3) is 22.0 Å². The number of piperazine rings is 1. The Kier molecular flexibility index (Phi) is 12.2. The molecule has 0 bridgehead atoms. The second-order valence-electron chi connectivity index (χ2n) is 15.9. The van der Waals surface area contributed by atoms with Crippen LogP contribution in [0.15, 0.2) is 65.6 Å². The van der Waals surface area contributed by atoms with Gasteiger partial charge in [-0.05, 0) is 75.8 Å². The first kappa shape index (κ1) is 39.7. The van der Waals surface area contributed by atoms with Crippen molar-refractivity contribution in [3.8, 4) is 16.9 Å². The molecule has 7 rings (SSSR count). The lowest BCUT2D eigenvalue weighted by atomic mass is 9.87. The summed E-state index contributed by atoms with van der Waals surface area (Å²) in [6, 6.07) is 18.6. The van der Waals surface area contributed by atoms with Gasteiger partial charge in [0.25, 0.3) is 5.56 Å². The molecule has 13 heteroatoms. The molecule has 2 aliphatic heterocycles. The average molecular weight is 767 g/mol. The predicted molar refractivity (Wildman–Crippen MR) is 219 cm³/mol. The van der Waals surface area contributed by atoms with Gasteiger partial charge in [0.1, 0.15) is 12.4 Å². The molecule has 56 heavy (non-hydrogen) atoms. The summed E-state index contributed by atoms with van der Waals surface area (Å²) in [5.74, 6) is 1.71. The summed E-state index contributed by atoms with van der Waals surface area (Å²) in [6.07, 6.45) is 5.22. The van der Waals surface area contributed by atoms with Crippen molar-refractivity contribution in [3.05, 3.63) is 82.4 Å². The number of hydrogen-bond acceptors (Lipinski definition) is 11. The summed E-state index contributed by atoms with van der Waals surface area (Å²) >= 11 is 0. The number of carbonyl (C=O) groups is 1. The van der Waals surface area contributed by atoms with Crippen molar-refractivity contribution in [2.75, 3.05) is 78.5 Å². The molecule has 4 heterocycles. The van der Waals surface area contributed by atoms with Gasteiger partial charge >= 0.3 is 6.09 Å². The number of ether oxygens (including phenoxy) is 3. The maximum atomic E-state index is 13.5. The Hall–Kier alpha value is -4.56. The third-order valence-corrected chi connectivity index (χ3v) is 11.6. The predicted octanol–water partition coefficient (Wildman–Crippen LogP) is 4.61. The van der Waals surface area contributed by atoms with E-state index in [0.29, 0.717) is 48.5 Å². The Balaban J connectivity index is 1.33. The number of likely N-dealkylation sites (N-methyl/N-ethyl adjacent to an activating group) is 2. The van der Waals surface area contributed by atoms with Crippen LogP contribution >= 0.6 is 0 Å². The van der Waals surface area contributed by atoms with E-state index in [1.165, 1.54) is 6.07 Å². The number of rotatable bonds is 14. The Morgan fingerprint density at radius 3 is 2.54 bits per heavy atom. The molecule has 2 aromatic carbocycles. The van der Waals surface area contributed by atoms with Gasteiger partial charge in [0.15, 0.2) is 5.60 Å². The fourth-order valence-corrected chi connectivity index (χ4v) is 8.00. The molecule has 13 nitrogen and oxygen atoms in total. The summed E-state index contributed by atoms with van der Waals surface area (Å²) in [5, 5.41) is 7.48. The van der Waals surface area contributed by atoms with E-state index < -0.39 is 11.7 Å². The van der Waals surface area contributed by atoms with Crippen molar-refractivity contribution in [1.29, 1.82) is 0 Å². The quantitative estimate of drug-likeness (QED) is 0.187. The molecule has 1 amide bonds. The topological polar surface area (TPSA) is 126 Å². The minimum atomic E-state index is -1.25. The van der Waals surface area contributed by atoms with Crippen LogP contribution < -0.4 is 25.8 Å². The zero-order valence-electron chi connectivity index (χ0n) is 33.8. The smallest absolute Gasteiger partial charge is 0.409 e. The van der Waals surface area contributed by atoms with Crippen LogP contribution in [0.3, 0.4) is 0 Å². The monoisotopic (exact) mass is 766 g/mol. The number of nitrogens with one attached hydrogen (secondary N) is 2. The number of amides is 1. The van der Waals surface area contributed by atoms with Gasteiger partial charge in [-0.25, -0.2) is 14.8 Å². The maximum Gasteiger partial charge on any atom is 0.409 e. The first-order chi connectivity index (χ1) is 27.1. The van der Waals surface area contributed by atoms with E-state index in [4.69, 9.17) is 24.2 Å². The molecule has 4 aromatic rings. The van der Waals surface area contributed by atoms with Crippen LogP contribution in [0, 0.1) is 5.92 Å². The Bertz CT molecular complexity index is 2030. The number of carbonyl (C=O) groups excluding carboxylic acids is 1. The Morgan fingerprint density at radius 2 is 1.82 bits per heavy atom. The highest BCUT2D eigenvalue weighted by atomic mass is 16.6. The number of fused-ring (bicyclic) bond motifs is 1. The highest BCUT2D eigenvalue weighted by Crippen LogP contribution is 2.44. The van der Waals surface area contributed by atoms with Crippen LogP contribution in [0.5, 0.6) is 5.75 Å². The molecule has 1 aliphatic carbocycles. The van der Waals surface area contributed by atoms with Gasteiger partial charge in [0, 0.05) is 95.2 Å². The summed E-state index contributed by atoms with van der Waals surface area (Å²) in [6.45, 7) is 10.5. The van der Waals surface area contributed by atoms with Crippen LogP contribution in [0.1, 0.15) is 50.8 Å². The normalized spacial score (nSPS) is 20.5. The molecule has 1 saturated carbocycles. The minimum Gasteiger partial charge on any atom is -0.496 e. The second kappa shape index (κ2) is 17.3. The standard InChI is InChI=1S/C43H58N8O5/c1-29-25-51(30(2)24-45-29)26-31-16-19-50(20-17-31)41-46-37-15-12-32(36-27-49(5)39(52)23-38(36)54-6)22-35(37)40(47-41)43(56-34-13-14-34,33-10-8-7-9-11-33)28-55-42(53)48(4)21-18-44-3/h7-12,15,22-23,27,29-31,34,44-45H,13-14,16-21,24-26,28H2,1-6H3/t29-,30+,43?/m1/s1. The van der Waals surface area contributed by atoms with Crippen LogP contribution in [-0.4, -0.2) is 122 Å². The fraction of sp³-hybridized carbons (Fsp3) is 0.535. The number of aryl methyl sites for hydroxylation is 1. The van der Waals surface area contributed by atoms with E-state index in [1.54, 1.807) is 36.9 Å². The number of benzene rings is 2. The van der Waals surface area contributed by atoms with E-state index in [9.17, 15) is 9.59 Å². The number of hydrogen-bond donors (Lipinski definition) is 2. The lowest BCUT2D eigenvalue weighted by Crippen LogP contribution is -2.55. The van der Waals surface area contributed by atoms with Gasteiger partial charge in [0.05, 0.1) is 24.4 Å². The fourth-order valence-electron chi connectivity index (χ4n) is 8.00. The second-order valence-corrected chi connectivity index (χ2v) is 15.9. The Labute approximate surface area is 330 Å². The highest BCUT2D eigenvalue weighted by molar-refractivity contribution is 5.89. The van der Waals surface area contributed by atoms with Crippen molar-refractivity contribution >= 4 is 22.9 Å². The Morgan fingerprint density at radius 1 is 1.05 bits per heavy atom. The third-order valence-electron chi connectivity index (χ3n) is 11.6. The van der Waals surface area contributed by atoms with Crippen LogP contribution in [0.4, 0.5) is 10.7 Å². The lowest BCUT2D eigenvalue weighted by Gasteiger charge is -2.41. The summed E-state index contributed by atoms with van der Waals surface area (Å²) < 4.78 is 20.6. The molecule has 3 fully saturated rings. The van der Waals surface area contributed by atoms with Gasteiger partial charge in [-0.1, -0.05) is 36.4 Å². The zero-order valence-corrected chi connectivity index (χ0v) is 33.8. The molecule has 1 unspecified atom stereocenters. The van der Waals surface area contributed by atoms with Gasteiger partial charge in [-0.3, -0.25) is 9.69 Å². The van der Waals surface area contributed by atoms with Crippen LogP contribution in [-0.2, 0) is 22.1 Å². The largest absolute Gasteiger partial charge is 0.496 e. The van der Waals surface area contributed by atoms with Gasteiger partial charge < -0.3 is 39.2 Å². The SMILES string of the molecule is CNCCN(C)C(=O)OCC(OC1CC1)(c1ccccc1)c1nc(N2CCC(CN3C[C@@H](C)NC[C@@H]3C)CC2)nc2ccc(-c3cn(C)c(=O)cc3OC)cc12. The van der Waals surface area contributed by atoms with Crippen LogP contribution in [0.2, 0.25) is 0 Å². The van der Waals surface area contributed by atoms with E-state index in [1.807, 2.05) is 55.6 Å². The number of pyridine rings is 1. The van der Waals surface area contributed by atoms with E-state index in [2.05, 4.69) is 34.3 Å². The summed E-state index contributed by atoms with van der Waals surface area (Å²) in [4.78, 5) is 43.4.